The number of benzene rings is 1. The van der Waals surface area contributed by atoms with Gasteiger partial charge in [0.25, 0.3) is 0 Å². The molecule has 1 saturated heterocycles. The number of phenols is 1. The van der Waals surface area contributed by atoms with Gasteiger partial charge in [-0.2, -0.15) is 0 Å². The van der Waals surface area contributed by atoms with E-state index in [-0.39, 0.29) is 5.75 Å². The molecule has 1 aliphatic rings. The molecule has 0 amide bonds. The molecule has 2 heterocycles. The van der Waals surface area contributed by atoms with E-state index in [4.69, 9.17) is 4.74 Å². The quantitative estimate of drug-likeness (QED) is 0.514. The predicted molar refractivity (Wildman–Crippen MR) is 117 cm³/mol. The summed E-state index contributed by atoms with van der Waals surface area (Å²) in [4.78, 5) is 11.6. The summed E-state index contributed by atoms with van der Waals surface area (Å²) >= 11 is 0. The van der Waals surface area contributed by atoms with Gasteiger partial charge in [-0.1, -0.05) is 18.2 Å². The molecule has 3 rings (SSSR count). The highest BCUT2D eigenvalue weighted by molar-refractivity contribution is 5.80. The number of hydrogen-bond donors (Lipinski definition) is 3. The molecule has 7 heteroatoms. The summed E-state index contributed by atoms with van der Waals surface area (Å²) in [5.74, 6) is 2.43. The van der Waals surface area contributed by atoms with Crippen molar-refractivity contribution >= 4 is 11.8 Å². The first-order valence-electron chi connectivity index (χ1n) is 10.2. The zero-order chi connectivity index (χ0) is 20.6. The highest BCUT2D eigenvalue weighted by Crippen LogP contribution is 2.29. The lowest BCUT2D eigenvalue weighted by Gasteiger charge is -2.34. The average molecular weight is 398 g/mol. The summed E-state index contributed by atoms with van der Waals surface area (Å²) in [7, 11) is 1.55. The third kappa shape index (κ3) is 5.53. The zero-order valence-electron chi connectivity index (χ0n) is 17.5. The summed E-state index contributed by atoms with van der Waals surface area (Å²) in [6.45, 7) is 7.16. The lowest BCUT2D eigenvalue weighted by molar-refractivity contribution is 0.370. The molecule has 2 aromatic rings. The third-order valence-electron chi connectivity index (χ3n) is 5.09. The number of pyridine rings is 1. The molecule has 1 aromatic carbocycles. The summed E-state index contributed by atoms with van der Waals surface area (Å²) in [6, 6.07) is 12.0. The molecule has 1 aliphatic heterocycles. The Kier molecular flexibility index (Phi) is 7.16. The van der Waals surface area contributed by atoms with E-state index in [1.165, 1.54) is 0 Å². The largest absolute Gasteiger partial charge is 0.504 e. The normalized spacial score (nSPS) is 15.3. The number of rotatable bonds is 6. The van der Waals surface area contributed by atoms with Crippen LogP contribution in [0.3, 0.4) is 0 Å². The van der Waals surface area contributed by atoms with Crippen molar-refractivity contribution in [2.45, 2.75) is 39.3 Å². The molecule has 0 aliphatic carbocycles. The first-order valence-corrected chi connectivity index (χ1v) is 10.2. The van der Waals surface area contributed by atoms with Gasteiger partial charge in [-0.15, -0.1) is 0 Å². The Balaban J connectivity index is 1.59. The number of hydrogen-bond acceptors (Lipinski definition) is 5. The smallest absolute Gasteiger partial charge is 0.191 e. The van der Waals surface area contributed by atoms with Crippen LogP contribution >= 0.6 is 0 Å². The van der Waals surface area contributed by atoms with E-state index in [2.05, 4.69) is 37.6 Å². The summed E-state index contributed by atoms with van der Waals surface area (Å²) in [5.41, 5.74) is 1.78. The number of ether oxygens (including phenoxy) is 1. The van der Waals surface area contributed by atoms with E-state index in [9.17, 15) is 5.11 Å². The Morgan fingerprint density at radius 2 is 2.00 bits per heavy atom. The fraction of sp³-hybridized carbons (Fsp3) is 0.455. The molecule has 1 fully saturated rings. The molecule has 0 radical (unpaired) electrons. The second kappa shape index (κ2) is 10.0. The predicted octanol–water partition coefficient (Wildman–Crippen LogP) is 2.83. The molecule has 1 aromatic heterocycles. The molecular formula is C22H31N5O2. The van der Waals surface area contributed by atoms with Gasteiger partial charge in [-0.25, -0.2) is 9.98 Å². The Hall–Kier alpha value is -2.96. The first-order chi connectivity index (χ1) is 14.1. The van der Waals surface area contributed by atoms with Gasteiger partial charge >= 0.3 is 0 Å². The van der Waals surface area contributed by atoms with Gasteiger partial charge in [0.1, 0.15) is 5.82 Å². The minimum absolute atomic E-state index is 0.147. The maximum Gasteiger partial charge on any atom is 0.191 e. The molecule has 3 N–H and O–H groups in total. The number of anilines is 1. The van der Waals surface area contributed by atoms with Gasteiger partial charge in [-0.05, 0) is 44.9 Å². The zero-order valence-corrected chi connectivity index (χ0v) is 17.5. The van der Waals surface area contributed by atoms with Crippen LogP contribution < -0.4 is 20.3 Å². The van der Waals surface area contributed by atoms with Crippen LogP contribution in [-0.4, -0.2) is 48.8 Å². The van der Waals surface area contributed by atoms with E-state index in [0.29, 0.717) is 18.3 Å². The Labute approximate surface area is 172 Å². The van der Waals surface area contributed by atoms with Crippen LogP contribution in [0.1, 0.15) is 31.0 Å². The van der Waals surface area contributed by atoms with Crippen molar-refractivity contribution in [1.82, 2.24) is 15.6 Å². The van der Waals surface area contributed by atoms with Crippen molar-refractivity contribution in [3.63, 3.8) is 0 Å². The van der Waals surface area contributed by atoms with Gasteiger partial charge in [0.2, 0.25) is 0 Å². The number of piperidine rings is 1. The fourth-order valence-electron chi connectivity index (χ4n) is 3.50. The first kappa shape index (κ1) is 20.8. The van der Waals surface area contributed by atoms with Crippen molar-refractivity contribution in [3.8, 4) is 11.5 Å². The van der Waals surface area contributed by atoms with E-state index in [0.717, 1.165) is 55.5 Å². The highest BCUT2D eigenvalue weighted by Gasteiger charge is 2.21. The number of methoxy groups -OCH3 is 1. The lowest BCUT2D eigenvalue weighted by Crippen LogP contribution is -2.48. The molecule has 7 nitrogen and oxygen atoms in total. The van der Waals surface area contributed by atoms with Crippen LogP contribution in [0.5, 0.6) is 11.5 Å². The molecule has 0 unspecified atom stereocenters. The number of aromatic hydroxyl groups is 1. The number of para-hydroxylation sites is 1. The SMILES string of the molecule is CCNC(=NCc1cccc(OC)c1O)NC1CCN(c2cccc(C)n2)CC1. The number of guanidine groups is 1. The van der Waals surface area contributed by atoms with E-state index >= 15 is 0 Å². The third-order valence-corrected chi connectivity index (χ3v) is 5.09. The summed E-state index contributed by atoms with van der Waals surface area (Å²) < 4.78 is 5.18. The molecule has 0 bridgehead atoms. The van der Waals surface area contributed by atoms with Crippen molar-refractivity contribution in [1.29, 1.82) is 0 Å². The number of aromatic nitrogens is 1. The van der Waals surface area contributed by atoms with Gasteiger partial charge in [0.05, 0.1) is 13.7 Å². The van der Waals surface area contributed by atoms with Crippen molar-refractivity contribution in [2.75, 3.05) is 31.6 Å². The molecule has 0 saturated carbocycles. The van der Waals surface area contributed by atoms with Crippen molar-refractivity contribution in [2.24, 2.45) is 4.99 Å². The maximum atomic E-state index is 10.3. The maximum absolute atomic E-state index is 10.3. The molecule has 156 valence electrons. The number of aliphatic imine (C=N–C) groups is 1. The van der Waals surface area contributed by atoms with Crippen LogP contribution in [0.15, 0.2) is 41.4 Å². The number of nitrogens with one attached hydrogen (secondary N) is 2. The van der Waals surface area contributed by atoms with Crippen LogP contribution in [0.4, 0.5) is 5.82 Å². The summed E-state index contributed by atoms with van der Waals surface area (Å²) in [5, 5.41) is 17.1. The average Bonchev–Trinajstić information content (AvgIpc) is 2.73. The van der Waals surface area contributed by atoms with Gasteiger partial charge in [-0.3, -0.25) is 0 Å². The van der Waals surface area contributed by atoms with Gasteiger partial charge in [0.15, 0.2) is 17.5 Å². The lowest BCUT2D eigenvalue weighted by atomic mass is 10.1. The number of nitrogens with zero attached hydrogens (tertiary/aromatic N) is 3. The molecule has 29 heavy (non-hydrogen) atoms. The highest BCUT2D eigenvalue weighted by atomic mass is 16.5. The topological polar surface area (TPSA) is 82.0 Å². The molecule has 0 spiro atoms. The second-order valence-corrected chi connectivity index (χ2v) is 7.21. The van der Waals surface area contributed by atoms with Gasteiger partial charge in [0, 0.05) is 36.9 Å². The Morgan fingerprint density at radius 3 is 2.69 bits per heavy atom. The van der Waals surface area contributed by atoms with E-state index in [1.54, 1.807) is 13.2 Å². The van der Waals surface area contributed by atoms with Crippen LogP contribution in [0, 0.1) is 6.92 Å². The van der Waals surface area contributed by atoms with Crippen molar-refractivity contribution < 1.29 is 9.84 Å². The number of phenolic OH excluding ortho intramolecular Hbond substituents is 1. The van der Waals surface area contributed by atoms with Crippen molar-refractivity contribution in [3.05, 3.63) is 47.7 Å². The van der Waals surface area contributed by atoms with Gasteiger partial charge < -0.3 is 25.4 Å². The summed E-state index contributed by atoms with van der Waals surface area (Å²) in [6.07, 6.45) is 2.04. The number of aryl methyl sites for hydroxylation is 1. The van der Waals surface area contributed by atoms with E-state index in [1.807, 2.05) is 32.0 Å². The monoisotopic (exact) mass is 397 g/mol. The fourth-order valence-corrected chi connectivity index (χ4v) is 3.50. The van der Waals surface area contributed by atoms with E-state index < -0.39 is 0 Å². The molecule has 0 atom stereocenters. The Bertz CT molecular complexity index is 832. The Morgan fingerprint density at radius 1 is 1.24 bits per heavy atom. The van der Waals surface area contributed by atoms with Crippen LogP contribution in [-0.2, 0) is 6.54 Å². The second-order valence-electron chi connectivity index (χ2n) is 7.21. The van der Waals surface area contributed by atoms with Crippen LogP contribution in [0.2, 0.25) is 0 Å². The van der Waals surface area contributed by atoms with Crippen LogP contribution in [0.25, 0.3) is 0 Å². The molecular weight excluding hydrogens is 366 g/mol. The minimum atomic E-state index is 0.147. The standard InChI is InChI=1S/C22H31N5O2/c1-4-23-22(24-15-17-8-6-9-19(29-3)21(17)28)26-18-11-13-27(14-12-18)20-10-5-7-16(2)25-20/h5-10,18,28H,4,11-15H2,1-3H3,(H2,23,24,26). The minimum Gasteiger partial charge on any atom is -0.504 e.